The molecule has 22 heavy (non-hydrogen) atoms. The van der Waals surface area contributed by atoms with E-state index in [1.165, 1.54) is 0 Å². The van der Waals surface area contributed by atoms with Crippen molar-refractivity contribution >= 4 is 11.9 Å². The predicted octanol–water partition coefficient (Wildman–Crippen LogP) is 1.18. The Morgan fingerprint density at radius 1 is 1.45 bits per heavy atom. The SMILES string of the molecule is CCOCC1CCN(C(=NCC(=O)N(C)C)NC(C)CC)C1. The maximum Gasteiger partial charge on any atom is 0.243 e. The molecule has 0 aromatic rings. The van der Waals surface area contributed by atoms with Crippen LogP contribution in [0.15, 0.2) is 4.99 Å². The lowest BCUT2D eigenvalue weighted by atomic mass is 10.1. The lowest BCUT2D eigenvalue weighted by Gasteiger charge is -2.25. The molecule has 1 heterocycles. The molecule has 1 amide bonds. The standard InChI is InChI=1S/C16H32N4O2/c1-6-13(3)18-16(17-10-15(21)19(4)5)20-9-8-14(11-20)12-22-7-2/h13-14H,6-12H2,1-5H3,(H,17,18). The van der Waals surface area contributed by atoms with E-state index in [9.17, 15) is 4.79 Å². The third-order valence-corrected chi connectivity index (χ3v) is 3.99. The lowest BCUT2D eigenvalue weighted by Crippen LogP contribution is -2.44. The van der Waals surface area contributed by atoms with E-state index in [2.05, 4.69) is 29.1 Å². The van der Waals surface area contributed by atoms with Crippen LogP contribution in [0.5, 0.6) is 0 Å². The zero-order valence-electron chi connectivity index (χ0n) is 14.8. The van der Waals surface area contributed by atoms with Gasteiger partial charge in [-0.3, -0.25) is 4.79 Å². The summed E-state index contributed by atoms with van der Waals surface area (Å²) in [5.74, 6) is 1.42. The van der Waals surface area contributed by atoms with Crippen molar-refractivity contribution in [2.24, 2.45) is 10.9 Å². The molecule has 0 spiro atoms. The summed E-state index contributed by atoms with van der Waals surface area (Å²) in [4.78, 5) is 20.1. The number of carbonyl (C=O) groups excluding carboxylic acids is 1. The van der Waals surface area contributed by atoms with Crippen LogP contribution < -0.4 is 5.32 Å². The number of guanidine groups is 1. The predicted molar refractivity (Wildman–Crippen MR) is 90.1 cm³/mol. The molecule has 0 radical (unpaired) electrons. The van der Waals surface area contributed by atoms with Gasteiger partial charge in [0.1, 0.15) is 6.54 Å². The third-order valence-electron chi connectivity index (χ3n) is 3.99. The molecule has 6 nitrogen and oxygen atoms in total. The summed E-state index contributed by atoms with van der Waals surface area (Å²) < 4.78 is 5.53. The molecule has 0 bridgehead atoms. The molecule has 1 fully saturated rings. The fraction of sp³-hybridized carbons (Fsp3) is 0.875. The second kappa shape index (κ2) is 9.66. The minimum atomic E-state index is 0.0218. The Hall–Kier alpha value is -1.30. The van der Waals surface area contributed by atoms with E-state index in [1.54, 1.807) is 19.0 Å². The highest BCUT2D eigenvalue weighted by molar-refractivity contribution is 5.85. The van der Waals surface area contributed by atoms with Crippen LogP contribution in [0.1, 0.15) is 33.6 Å². The first kappa shape index (κ1) is 18.7. The number of nitrogens with one attached hydrogen (secondary N) is 1. The summed E-state index contributed by atoms with van der Waals surface area (Å²) in [5, 5.41) is 3.44. The molecule has 1 aliphatic heterocycles. The van der Waals surface area contributed by atoms with Gasteiger partial charge in [0.15, 0.2) is 5.96 Å². The highest BCUT2D eigenvalue weighted by Gasteiger charge is 2.25. The maximum absolute atomic E-state index is 11.8. The fourth-order valence-electron chi connectivity index (χ4n) is 2.29. The van der Waals surface area contributed by atoms with Gasteiger partial charge in [0.05, 0.1) is 6.61 Å². The number of hydrogen-bond donors (Lipinski definition) is 1. The summed E-state index contributed by atoms with van der Waals surface area (Å²) in [5.41, 5.74) is 0. The number of amides is 1. The molecule has 2 atom stereocenters. The van der Waals surface area contributed by atoms with E-state index >= 15 is 0 Å². The van der Waals surface area contributed by atoms with Gasteiger partial charge in [-0.25, -0.2) is 4.99 Å². The van der Waals surface area contributed by atoms with Gasteiger partial charge in [-0.2, -0.15) is 0 Å². The minimum Gasteiger partial charge on any atom is -0.381 e. The topological polar surface area (TPSA) is 57.2 Å². The number of likely N-dealkylation sites (N-methyl/N-ethyl adjacent to an activating group) is 1. The first-order chi connectivity index (χ1) is 10.5. The zero-order valence-corrected chi connectivity index (χ0v) is 14.8. The van der Waals surface area contributed by atoms with Crippen molar-refractivity contribution in [2.75, 3.05) is 46.9 Å². The highest BCUT2D eigenvalue weighted by Crippen LogP contribution is 2.17. The average molecular weight is 312 g/mol. The number of likely N-dealkylation sites (tertiary alicyclic amines) is 1. The quantitative estimate of drug-likeness (QED) is 0.566. The highest BCUT2D eigenvalue weighted by atomic mass is 16.5. The Kier molecular flexibility index (Phi) is 8.24. The van der Waals surface area contributed by atoms with Gasteiger partial charge in [0, 0.05) is 45.8 Å². The molecule has 0 aromatic heterocycles. The lowest BCUT2D eigenvalue weighted by molar-refractivity contribution is -0.127. The molecule has 1 rings (SSSR count). The Morgan fingerprint density at radius 2 is 2.18 bits per heavy atom. The van der Waals surface area contributed by atoms with Crippen molar-refractivity contribution < 1.29 is 9.53 Å². The Morgan fingerprint density at radius 3 is 2.77 bits per heavy atom. The molecule has 0 aliphatic carbocycles. The van der Waals surface area contributed by atoms with Gasteiger partial charge in [0.25, 0.3) is 0 Å². The van der Waals surface area contributed by atoms with Crippen molar-refractivity contribution in [3.8, 4) is 0 Å². The van der Waals surface area contributed by atoms with E-state index in [-0.39, 0.29) is 12.5 Å². The molecule has 6 heteroatoms. The van der Waals surface area contributed by atoms with E-state index in [4.69, 9.17) is 4.74 Å². The van der Waals surface area contributed by atoms with Gasteiger partial charge in [-0.1, -0.05) is 6.92 Å². The second-order valence-electron chi connectivity index (χ2n) is 6.14. The monoisotopic (exact) mass is 312 g/mol. The van der Waals surface area contributed by atoms with Gasteiger partial charge in [0.2, 0.25) is 5.91 Å². The molecule has 2 unspecified atom stereocenters. The number of aliphatic imine (C=N–C) groups is 1. The molecule has 1 N–H and O–H groups in total. The fourth-order valence-corrected chi connectivity index (χ4v) is 2.29. The van der Waals surface area contributed by atoms with Gasteiger partial charge in [-0.15, -0.1) is 0 Å². The molecule has 0 aromatic carbocycles. The molecular weight excluding hydrogens is 280 g/mol. The largest absolute Gasteiger partial charge is 0.381 e. The van der Waals surface area contributed by atoms with E-state index in [1.807, 2.05) is 6.92 Å². The number of carbonyl (C=O) groups is 1. The van der Waals surface area contributed by atoms with Crippen molar-refractivity contribution in [1.82, 2.24) is 15.1 Å². The van der Waals surface area contributed by atoms with Crippen LogP contribution in [0.25, 0.3) is 0 Å². The minimum absolute atomic E-state index is 0.0218. The van der Waals surface area contributed by atoms with E-state index < -0.39 is 0 Å². The summed E-state index contributed by atoms with van der Waals surface area (Å²) >= 11 is 0. The smallest absolute Gasteiger partial charge is 0.243 e. The molecule has 1 aliphatic rings. The number of nitrogens with zero attached hydrogens (tertiary/aromatic N) is 3. The zero-order chi connectivity index (χ0) is 16.5. The van der Waals surface area contributed by atoms with Crippen molar-refractivity contribution in [1.29, 1.82) is 0 Å². The molecular formula is C16H32N4O2. The maximum atomic E-state index is 11.8. The average Bonchev–Trinajstić information content (AvgIpc) is 2.97. The van der Waals surface area contributed by atoms with Crippen LogP contribution in [-0.2, 0) is 9.53 Å². The van der Waals surface area contributed by atoms with E-state index in [0.29, 0.717) is 12.0 Å². The molecule has 128 valence electrons. The van der Waals surface area contributed by atoms with Gasteiger partial charge < -0.3 is 19.9 Å². The van der Waals surface area contributed by atoms with E-state index in [0.717, 1.165) is 45.1 Å². The van der Waals surface area contributed by atoms with Gasteiger partial charge in [-0.05, 0) is 26.7 Å². The Balaban J connectivity index is 2.65. The van der Waals surface area contributed by atoms with Crippen LogP contribution in [0.2, 0.25) is 0 Å². The van der Waals surface area contributed by atoms with Crippen LogP contribution in [-0.4, -0.2) is 74.7 Å². The van der Waals surface area contributed by atoms with Crippen LogP contribution in [0.4, 0.5) is 0 Å². The summed E-state index contributed by atoms with van der Waals surface area (Å²) in [6.45, 7) is 9.98. The van der Waals surface area contributed by atoms with Gasteiger partial charge >= 0.3 is 0 Å². The number of rotatable bonds is 7. The molecule has 1 saturated heterocycles. The van der Waals surface area contributed by atoms with Crippen LogP contribution in [0, 0.1) is 5.92 Å². The van der Waals surface area contributed by atoms with Crippen molar-refractivity contribution in [3.05, 3.63) is 0 Å². The Labute approximate surface area is 134 Å². The first-order valence-electron chi connectivity index (χ1n) is 8.31. The second-order valence-corrected chi connectivity index (χ2v) is 6.14. The summed E-state index contributed by atoms with van der Waals surface area (Å²) in [6, 6.07) is 0.346. The Bertz CT molecular complexity index is 371. The summed E-state index contributed by atoms with van der Waals surface area (Å²) in [6.07, 6.45) is 2.14. The van der Waals surface area contributed by atoms with Crippen LogP contribution >= 0.6 is 0 Å². The molecule has 0 saturated carbocycles. The first-order valence-corrected chi connectivity index (χ1v) is 8.31. The summed E-state index contributed by atoms with van der Waals surface area (Å²) in [7, 11) is 3.52. The number of ether oxygens (including phenoxy) is 1. The van der Waals surface area contributed by atoms with Crippen molar-refractivity contribution in [3.63, 3.8) is 0 Å². The van der Waals surface area contributed by atoms with Crippen molar-refractivity contribution in [2.45, 2.75) is 39.7 Å². The number of hydrogen-bond acceptors (Lipinski definition) is 3. The normalized spacial score (nSPS) is 20.1. The third kappa shape index (κ3) is 6.22. The van der Waals surface area contributed by atoms with Crippen LogP contribution in [0.3, 0.4) is 0 Å².